The van der Waals surface area contributed by atoms with Gasteiger partial charge in [0.15, 0.2) is 0 Å². The van der Waals surface area contributed by atoms with Crippen molar-refractivity contribution in [3.63, 3.8) is 0 Å². The van der Waals surface area contributed by atoms with Gasteiger partial charge in [-0.2, -0.15) is 0 Å². The summed E-state index contributed by atoms with van der Waals surface area (Å²) in [5.41, 5.74) is 8.90. The first-order valence-electron chi connectivity index (χ1n) is 7.52. The smallest absolute Gasteiger partial charge is 0.00159 e. The average Bonchev–Trinajstić information content (AvgIpc) is 2.40. The van der Waals surface area contributed by atoms with Gasteiger partial charge in [-0.15, -0.1) is 0 Å². The second kappa shape index (κ2) is 6.06. The number of hydrogen-bond donors (Lipinski definition) is 1. The van der Waals surface area contributed by atoms with Crippen molar-refractivity contribution in [1.82, 2.24) is 4.90 Å². The molecule has 1 heterocycles. The van der Waals surface area contributed by atoms with Crippen LogP contribution in [0.15, 0.2) is 24.3 Å². The van der Waals surface area contributed by atoms with Crippen molar-refractivity contribution in [3.05, 3.63) is 35.4 Å². The molecule has 0 radical (unpaired) electrons. The van der Waals surface area contributed by atoms with Crippen LogP contribution in [0.2, 0.25) is 0 Å². The van der Waals surface area contributed by atoms with Crippen LogP contribution in [-0.2, 0) is 5.41 Å². The van der Waals surface area contributed by atoms with Crippen LogP contribution in [0, 0.1) is 0 Å². The van der Waals surface area contributed by atoms with Gasteiger partial charge < -0.3 is 10.6 Å². The largest absolute Gasteiger partial charge is 0.330 e. The van der Waals surface area contributed by atoms with E-state index in [1.54, 1.807) is 0 Å². The third-order valence-electron chi connectivity index (χ3n) is 4.63. The Morgan fingerprint density at radius 3 is 2.58 bits per heavy atom. The lowest BCUT2D eigenvalue weighted by Crippen LogP contribution is -2.29. The molecular formula is C17H28N2. The van der Waals surface area contributed by atoms with Crippen molar-refractivity contribution in [2.75, 3.05) is 26.7 Å². The maximum absolute atomic E-state index is 5.74. The summed E-state index contributed by atoms with van der Waals surface area (Å²) in [6, 6.07) is 9.21. The summed E-state index contributed by atoms with van der Waals surface area (Å²) < 4.78 is 0. The van der Waals surface area contributed by atoms with Gasteiger partial charge in [-0.05, 0) is 68.4 Å². The number of benzene rings is 1. The first-order chi connectivity index (χ1) is 9.03. The highest BCUT2D eigenvalue weighted by Crippen LogP contribution is 2.32. The van der Waals surface area contributed by atoms with Crippen LogP contribution < -0.4 is 5.73 Å². The molecule has 106 valence electrons. The third-order valence-corrected chi connectivity index (χ3v) is 4.63. The Kier molecular flexibility index (Phi) is 4.64. The molecule has 2 heteroatoms. The quantitative estimate of drug-likeness (QED) is 0.901. The van der Waals surface area contributed by atoms with Crippen LogP contribution in [0.4, 0.5) is 0 Å². The van der Waals surface area contributed by atoms with E-state index < -0.39 is 0 Å². The predicted molar refractivity (Wildman–Crippen MR) is 82.6 cm³/mol. The van der Waals surface area contributed by atoms with E-state index >= 15 is 0 Å². The zero-order chi connectivity index (χ0) is 13.9. The molecule has 1 aromatic carbocycles. The molecule has 0 aromatic heterocycles. The Hall–Kier alpha value is -0.860. The van der Waals surface area contributed by atoms with Crippen molar-refractivity contribution < 1.29 is 0 Å². The van der Waals surface area contributed by atoms with Gasteiger partial charge in [0.05, 0.1) is 0 Å². The van der Waals surface area contributed by atoms with Gasteiger partial charge in [0, 0.05) is 0 Å². The van der Waals surface area contributed by atoms with Crippen LogP contribution in [0.5, 0.6) is 0 Å². The minimum absolute atomic E-state index is 0.191. The normalized spacial score (nSPS) is 18.7. The van der Waals surface area contributed by atoms with Gasteiger partial charge in [0.1, 0.15) is 0 Å². The summed E-state index contributed by atoms with van der Waals surface area (Å²) in [6.45, 7) is 7.80. The first kappa shape index (κ1) is 14.5. The fourth-order valence-electron chi connectivity index (χ4n) is 3.06. The minimum atomic E-state index is 0.191. The van der Waals surface area contributed by atoms with E-state index in [0.717, 1.165) is 18.9 Å². The number of nitrogens with two attached hydrogens (primary N) is 1. The fraction of sp³-hybridized carbons (Fsp3) is 0.647. The molecule has 1 aliphatic rings. The molecule has 1 fully saturated rings. The van der Waals surface area contributed by atoms with Crippen molar-refractivity contribution in [2.24, 2.45) is 5.73 Å². The highest BCUT2D eigenvalue weighted by atomic mass is 15.1. The first-order valence-corrected chi connectivity index (χ1v) is 7.52. The Morgan fingerprint density at radius 2 is 1.95 bits per heavy atom. The molecule has 0 atom stereocenters. The number of rotatable bonds is 4. The maximum atomic E-state index is 5.74. The topological polar surface area (TPSA) is 29.3 Å². The lowest BCUT2D eigenvalue weighted by Gasteiger charge is -2.31. The minimum Gasteiger partial charge on any atom is -0.330 e. The van der Waals surface area contributed by atoms with E-state index in [4.69, 9.17) is 5.73 Å². The molecule has 1 aliphatic heterocycles. The standard InChI is InChI=1S/C17H28N2/c1-17(2,9-10-18)16-6-4-5-15(13-16)14-7-11-19(3)12-8-14/h4-6,13-14H,7-12,18H2,1-3H3. The van der Waals surface area contributed by atoms with Crippen LogP contribution in [0.1, 0.15) is 50.2 Å². The van der Waals surface area contributed by atoms with Crippen LogP contribution in [0.3, 0.4) is 0 Å². The van der Waals surface area contributed by atoms with Gasteiger partial charge in [0.2, 0.25) is 0 Å². The number of hydrogen-bond acceptors (Lipinski definition) is 2. The second-order valence-corrected chi connectivity index (χ2v) is 6.63. The van der Waals surface area contributed by atoms with E-state index in [0.29, 0.717) is 0 Å². The Labute approximate surface area is 118 Å². The molecule has 0 unspecified atom stereocenters. The van der Waals surface area contributed by atoms with Crippen LogP contribution in [0.25, 0.3) is 0 Å². The van der Waals surface area contributed by atoms with E-state index in [9.17, 15) is 0 Å². The Balaban J connectivity index is 2.15. The number of nitrogens with zero attached hydrogens (tertiary/aromatic N) is 1. The molecule has 1 aromatic rings. The lowest BCUT2D eigenvalue weighted by molar-refractivity contribution is 0.255. The molecule has 0 bridgehead atoms. The Bertz CT molecular complexity index is 403. The SMILES string of the molecule is CN1CCC(c2cccc(C(C)(C)CCN)c2)CC1. The highest BCUT2D eigenvalue weighted by molar-refractivity contribution is 5.31. The molecule has 0 saturated carbocycles. The second-order valence-electron chi connectivity index (χ2n) is 6.63. The molecule has 2 N–H and O–H groups in total. The van der Waals surface area contributed by atoms with Crippen molar-refractivity contribution >= 4 is 0 Å². The van der Waals surface area contributed by atoms with Crippen LogP contribution >= 0.6 is 0 Å². The molecule has 0 aliphatic carbocycles. The van der Waals surface area contributed by atoms with Crippen LogP contribution in [-0.4, -0.2) is 31.6 Å². The molecule has 2 nitrogen and oxygen atoms in total. The lowest BCUT2D eigenvalue weighted by atomic mass is 9.79. The van der Waals surface area contributed by atoms with Crippen molar-refractivity contribution in [2.45, 2.75) is 44.4 Å². The Morgan fingerprint density at radius 1 is 1.26 bits per heavy atom. The van der Waals surface area contributed by atoms with Crippen molar-refractivity contribution in [1.29, 1.82) is 0 Å². The van der Waals surface area contributed by atoms with Crippen molar-refractivity contribution in [3.8, 4) is 0 Å². The summed E-state index contributed by atoms with van der Waals surface area (Å²) in [6.07, 6.45) is 3.62. The van der Waals surface area contributed by atoms with Gasteiger partial charge in [0.25, 0.3) is 0 Å². The van der Waals surface area contributed by atoms with E-state index in [2.05, 4.69) is 50.1 Å². The van der Waals surface area contributed by atoms with Gasteiger partial charge in [-0.1, -0.05) is 38.1 Å². The summed E-state index contributed by atoms with van der Waals surface area (Å²) in [4.78, 5) is 2.43. The molecule has 19 heavy (non-hydrogen) atoms. The van der Waals surface area contributed by atoms with Gasteiger partial charge in [-0.3, -0.25) is 0 Å². The summed E-state index contributed by atoms with van der Waals surface area (Å²) in [7, 11) is 2.22. The van der Waals surface area contributed by atoms with E-state index in [1.165, 1.54) is 37.1 Å². The highest BCUT2D eigenvalue weighted by Gasteiger charge is 2.22. The van der Waals surface area contributed by atoms with E-state index in [1.807, 2.05) is 0 Å². The average molecular weight is 260 g/mol. The molecular weight excluding hydrogens is 232 g/mol. The fourth-order valence-corrected chi connectivity index (χ4v) is 3.06. The number of piperidine rings is 1. The summed E-state index contributed by atoms with van der Waals surface area (Å²) in [5.74, 6) is 0.741. The van der Waals surface area contributed by atoms with Gasteiger partial charge >= 0.3 is 0 Å². The van der Waals surface area contributed by atoms with Gasteiger partial charge in [-0.25, -0.2) is 0 Å². The zero-order valence-corrected chi connectivity index (χ0v) is 12.7. The summed E-state index contributed by atoms with van der Waals surface area (Å²) >= 11 is 0. The van der Waals surface area contributed by atoms with E-state index in [-0.39, 0.29) is 5.41 Å². The zero-order valence-electron chi connectivity index (χ0n) is 12.7. The third kappa shape index (κ3) is 3.58. The monoisotopic (exact) mass is 260 g/mol. The molecule has 0 spiro atoms. The maximum Gasteiger partial charge on any atom is -0.00159 e. The number of likely N-dealkylation sites (tertiary alicyclic amines) is 1. The summed E-state index contributed by atoms with van der Waals surface area (Å²) in [5, 5.41) is 0. The molecule has 0 amide bonds. The molecule has 2 rings (SSSR count). The molecule has 1 saturated heterocycles. The predicted octanol–water partition coefficient (Wildman–Crippen LogP) is 3.12.